The first-order chi connectivity index (χ1) is 9.28. The van der Waals surface area contributed by atoms with E-state index in [0.29, 0.717) is 12.5 Å². The summed E-state index contributed by atoms with van der Waals surface area (Å²) in [5, 5.41) is 1.17. The van der Waals surface area contributed by atoms with Gasteiger partial charge in [-0.3, -0.25) is 4.98 Å². The van der Waals surface area contributed by atoms with E-state index in [9.17, 15) is 0 Å². The average molecular weight is 256 g/mol. The Balaban J connectivity index is 1.97. The molecule has 19 heavy (non-hydrogen) atoms. The van der Waals surface area contributed by atoms with Crippen molar-refractivity contribution in [1.29, 1.82) is 0 Å². The van der Waals surface area contributed by atoms with Crippen LogP contribution in [-0.2, 0) is 4.74 Å². The molecule has 2 N–H and O–H groups in total. The van der Waals surface area contributed by atoms with Crippen molar-refractivity contribution >= 4 is 10.9 Å². The number of benzene rings is 1. The van der Waals surface area contributed by atoms with Gasteiger partial charge in [0.1, 0.15) is 0 Å². The molecule has 0 aliphatic carbocycles. The minimum atomic E-state index is 0.143. The van der Waals surface area contributed by atoms with Gasteiger partial charge in [0.25, 0.3) is 0 Å². The summed E-state index contributed by atoms with van der Waals surface area (Å²) in [5.41, 5.74) is 9.20. The van der Waals surface area contributed by atoms with Crippen molar-refractivity contribution in [2.75, 3.05) is 13.2 Å². The Kier molecular flexibility index (Phi) is 3.49. The standard InChI is InChI=1S/C16H20N2O/c1-11-4-5-12-9-13(6-7-15(12)18-11)16-14(10-17)3-2-8-19-16/h4-7,9,14,16H,2-3,8,10,17H2,1H3. The maximum absolute atomic E-state index is 5.94. The molecular weight excluding hydrogens is 236 g/mol. The number of aryl methyl sites for hydroxylation is 1. The highest BCUT2D eigenvalue weighted by Crippen LogP contribution is 2.34. The van der Waals surface area contributed by atoms with Crippen LogP contribution >= 0.6 is 0 Å². The summed E-state index contributed by atoms with van der Waals surface area (Å²) in [4.78, 5) is 4.54. The second-order valence-electron chi connectivity index (χ2n) is 5.33. The molecule has 0 amide bonds. The van der Waals surface area contributed by atoms with Gasteiger partial charge in [0, 0.05) is 23.6 Å². The monoisotopic (exact) mass is 256 g/mol. The SMILES string of the molecule is Cc1ccc2cc(C3OCCCC3CN)ccc2n1. The molecule has 1 aliphatic rings. The van der Waals surface area contributed by atoms with Crippen molar-refractivity contribution in [3.05, 3.63) is 41.6 Å². The van der Waals surface area contributed by atoms with Crippen molar-refractivity contribution < 1.29 is 4.74 Å². The molecule has 1 saturated heterocycles. The molecule has 3 rings (SSSR count). The third-order valence-corrected chi connectivity index (χ3v) is 3.93. The Hall–Kier alpha value is -1.45. The largest absolute Gasteiger partial charge is 0.373 e. The minimum absolute atomic E-state index is 0.143. The predicted molar refractivity (Wildman–Crippen MR) is 77.0 cm³/mol. The Bertz CT molecular complexity index is 582. The van der Waals surface area contributed by atoms with E-state index in [2.05, 4.69) is 29.2 Å². The van der Waals surface area contributed by atoms with Crippen molar-refractivity contribution in [2.24, 2.45) is 11.7 Å². The first-order valence-electron chi connectivity index (χ1n) is 6.97. The van der Waals surface area contributed by atoms with Crippen molar-refractivity contribution in [1.82, 2.24) is 4.98 Å². The normalized spacial score (nSPS) is 23.7. The highest BCUT2D eigenvalue weighted by Gasteiger charge is 2.26. The lowest BCUT2D eigenvalue weighted by Crippen LogP contribution is -2.28. The minimum Gasteiger partial charge on any atom is -0.373 e. The van der Waals surface area contributed by atoms with Crippen LogP contribution < -0.4 is 5.73 Å². The van der Waals surface area contributed by atoms with Crippen molar-refractivity contribution in [2.45, 2.75) is 25.9 Å². The molecule has 1 aliphatic heterocycles. The first-order valence-corrected chi connectivity index (χ1v) is 6.97. The number of fused-ring (bicyclic) bond motifs is 1. The van der Waals surface area contributed by atoms with E-state index in [-0.39, 0.29) is 6.10 Å². The van der Waals surface area contributed by atoms with Crippen LogP contribution in [-0.4, -0.2) is 18.1 Å². The lowest BCUT2D eigenvalue weighted by Gasteiger charge is -2.31. The number of aromatic nitrogens is 1. The zero-order valence-electron chi connectivity index (χ0n) is 11.3. The highest BCUT2D eigenvalue weighted by atomic mass is 16.5. The van der Waals surface area contributed by atoms with E-state index in [1.54, 1.807) is 0 Å². The molecule has 2 atom stereocenters. The molecule has 2 aromatic rings. The Morgan fingerprint density at radius 3 is 3.05 bits per heavy atom. The van der Waals surface area contributed by atoms with Crippen LogP contribution in [0.25, 0.3) is 10.9 Å². The third-order valence-electron chi connectivity index (χ3n) is 3.93. The van der Waals surface area contributed by atoms with Crippen LogP contribution in [0.4, 0.5) is 0 Å². The Labute approximate surface area is 113 Å². The fourth-order valence-electron chi connectivity index (χ4n) is 2.88. The van der Waals surface area contributed by atoms with Crippen LogP contribution in [0.5, 0.6) is 0 Å². The maximum atomic E-state index is 5.94. The van der Waals surface area contributed by atoms with Crippen LogP contribution in [0, 0.1) is 12.8 Å². The summed E-state index contributed by atoms with van der Waals surface area (Å²) >= 11 is 0. The molecule has 1 fully saturated rings. The van der Waals surface area contributed by atoms with E-state index in [1.807, 2.05) is 13.0 Å². The number of nitrogens with two attached hydrogens (primary N) is 1. The molecule has 0 radical (unpaired) electrons. The molecule has 0 bridgehead atoms. The third kappa shape index (κ3) is 2.48. The molecule has 1 aromatic carbocycles. The number of pyridine rings is 1. The summed E-state index contributed by atoms with van der Waals surface area (Å²) < 4.78 is 5.94. The maximum Gasteiger partial charge on any atom is 0.0865 e. The van der Waals surface area contributed by atoms with Gasteiger partial charge in [-0.1, -0.05) is 12.1 Å². The first kappa shape index (κ1) is 12.6. The van der Waals surface area contributed by atoms with Crippen molar-refractivity contribution in [3.8, 4) is 0 Å². The van der Waals surface area contributed by atoms with Gasteiger partial charge < -0.3 is 10.5 Å². The zero-order chi connectivity index (χ0) is 13.2. The lowest BCUT2D eigenvalue weighted by molar-refractivity contribution is -0.0250. The molecule has 0 saturated carbocycles. The highest BCUT2D eigenvalue weighted by molar-refractivity contribution is 5.79. The molecule has 1 aromatic heterocycles. The van der Waals surface area contributed by atoms with E-state index in [4.69, 9.17) is 10.5 Å². The van der Waals surface area contributed by atoms with E-state index >= 15 is 0 Å². The summed E-state index contributed by atoms with van der Waals surface area (Å²) in [6.45, 7) is 3.54. The van der Waals surface area contributed by atoms with Gasteiger partial charge in [-0.25, -0.2) is 0 Å². The van der Waals surface area contributed by atoms with Gasteiger partial charge in [-0.15, -0.1) is 0 Å². The van der Waals surface area contributed by atoms with Crippen molar-refractivity contribution in [3.63, 3.8) is 0 Å². The van der Waals surface area contributed by atoms with E-state index in [0.717, 1.165) is 30.7 Å². The fraction of sp³-hybridized carbons (Fsp3) is 0.438. The van der Waals surface area contributed by atoms with Gasteiger partial charge in [0.15, 0.2) is 0 Å². The Morgan fingerprint density at radius 1 is 1.32 bits per heavy atom. The fourth-order valence-corrected chi connectivity index (χ4v) is 2.88. The Morgan fingerprint density at radius 2 is 2.21 bits per heavy atom. The van der Waals surface area contributed by atoms with Gasteiger partial charge in [0.2, 0.25) is 0 Å². The smallest absolute Gasteiger partial charge is 0.0865 e. The quantitative estimate of drug-likeness (QED) is 0.898. The summed E-state index contributed by atoms with van der Waals surface area (Å²) in [6, 6.07) is 10.6. The molecule has 2 heterocycles. The van der Waals surface area contributed by atoms with Crippen LogP contribution in [0.1, 0.15) is 30.2 Å². The number of nitrogens with zero attached hydrogens (tertiary/aromatic N) is 1. The zero-order valence-corrected chi connectivity index (χ0v) is 11.3. The van der Waals surface area contributed by atoms with E-state index in [1.165, 1.54) is 10.9 Å². The average Bonchev–Trinajstić information content (AvgIpc) is 2.46. The summed E-state index contributed by atoms with van der Waals surface area (Å²) in [7, 11) is 0. The second-order valence-corrected chi connectivity index (χ2v) is 5.33. The van der Waals surface area contributed by atoms with Crippen LogP contribution in [0.15, 0.2) is 30.3 Å². The lowest BCUT2D eigenvalue weighted by atomic mass is 9.89. The van der Waals surface area contributed by atoms with Crippen LogP contribution in [0.2, 0.25) is 0 Å². The second kappa shape index (κ2) is 5.27. The van der Waals surface area contributed by atoms with Crippen LogP contribution in [0.3, 0.4) is 0 Å². The van der Waals surface area contributed by atoms with Gasteiger partial charge in [0.05, 0.1) is 11.6 Å². The molecular formula is C16H20N2O. The number of hydrogen-bond donors (Lipinski definition) is 1. The molecule has 3 heteroatoms. The molecule has 2 unspecified atom stereocenters. The summed E-state index contributed by atoms with van der Waals surface area (Å²) in [5.74, 6) is 0.435. The number of ether oxygens (including phenoxy) is 1. The van der Waals surface area contributed by atoms with Gasteiger partial charge in [-0.05, 0) is 50.1 Å². The van der Waals surface area contributed by atoms with Gasteiger partial charge in [-0.2, -0.15) is 0 Å². The summed E-state index contributed by atoms with van der Waals surface area (Å²) in [6.07, 6.45) is 2.42. The number of rotatable bonds is 2. The molecule has 3 nitrogen and oxygen atoms in total. The predicted octanol–water partition coefficient (Wildman–Crippen LogP) is 2.97. The number of hydrogen-bond acceptors (Lipinski definition) is 3. The van der Waals surface area contributed by atoms with E-state index < -0.39 is 0 Å². The molecule has 100 valence electrons. The molecule has 0 spiro atoms. The topological polar surface area (TPSA) is 48.1 Å². The van der Waals surface area contributed by atoms with Gasteiger partial charge >= 0.3 is 0 Å².